The number of amides is 2. The SMILES string of the molecule is COC(C)(C)CNC(=O)N1CCCCC1. The number of nitrogens with zero attached hydrogens (tertiary/aromatic N) is 1. The van der Waals surface area contributed by atoms with Crippen molar-refractivity contribution in [1.29, 1.82) is 0 Å². The third kappa shape index (κ3) is 4.08. The van der Waals surface area contributed by atoms with Crippen LogP contribution in [0.1, 0.15) is 33.1 Å². The van der Waals surface area contributed by atoms with E-state index < -0.39 is 0 Å². The van der Waals surface area contributed by atoms with Crippen molar-refractivity contribution < 1.29 is 9.53 Å². The first-order chi connectivity index (χ1) is 7.05. The molecule has 0 radical (unpaired) electrons. The van der Waals surface area contributed by atoms with Crippen LogP contribution in [0.3, 0.4) is 0 Å². The zero-order chi connectivity index (χ0) is 11.3. The predicted octanol–water partition coefficient (Wildman–Crippen LogP) is 1.61. The molecule has 1 saturated heterocycles. The standard InChI is InChI=1S/C11H22N2O2/c1-11(2,15-3)9-12-10(14)13-7-5-4-6-8-13/h4-9H2,1-3H3,(H,12,14). The molecule has 15 heavy (non-hydrogen) atoms. The topological polar surface area (TPSA) is 41.6 Å². The van der Waals surface area contributed by atoms with Crippen LogP contribution >= 0.6 is 0 Å². The van der Waals surface area contributed by atoms with Gasteiger partial charge in [0, 0.05) is 26.7 Å². The number of nitrogens with one attached hydrogen (secondary N) is 1. The van der Waals surface area contributed by atoms with Crippen molar-refractivity contribution in [3.63, 3.8) is 0 Å². The lowest BCUT2D eigenvalue weighted by atomic mass is 10.1. The molecule has 0 atom stereocenters. The number of carbonyl (C=O) groups excluding carboxylic acids is 1. The third-order valence-electron chi connectivity index (χ3n) is 2.86. The number of urea groups is 1. The molecule has 88 valence electrons. The Morgan fingerprint density at radius 1 is 1.33 bits per heavy atom. The van der Waals surface area contributed by atoms with Gasteiger partial charge in [0.1, 0.15) is 0 Å². The van der Waals surface area contributed by atoms with E-state index in [1.807, 2.05) is 18.7 Å². The molecule has 1 N–H and O–H groups in total. The Morgan fingerprint density at radius 3 is 2.47 bits per heavy atom. The van der Waals surface area contributed by atoms with E-state index in [1.165, 1.54) is 6.42 Å². The van der Waals surface area contributed by atoms with E-state index in [4.69, 9.17) is 4.74 Å². The van der Waals surface area contributed by atoms with Crippen molar-refractivity contribution in [3.05, 3.63) is 0 Å². The normalized spacial score (nSPS) is 17.7. The molecule has 2 amide bonds. The van der Waals surface area contributed by atoms with E-state index in [9.17, 15) is 4.79 Å². The quantitative estimate of drug-likeness (QED) is 0.775. The highest BCUT2D eigenvalue weighted by Crippen LogP contribution is 2.09. The Hall–Kier alpha value is -0.770. The molecule has 0 aromatic heterocycles. The second kappa shape index (κ2) is 5.35. The number of likely N-dealkylation sites (tertiary alicyclic amines) is 1. The summed E-state index contributed by atoms with van der Waals surface area (Å²) in [5.74, 6) is 0. The number of piperidine rings is 1. The van der Waals surface area contributed by atoms with Gasteiger partial charge in [0.15, 0.2) is 0 Å². The Balaban J connectivity index is 2.28. The first-order valence-electron chi connectivity index (χ1n) is 5.63. The van der Waals surface area contributed by atoms with E-state index in [1.54, 1.807) is 7.11 Å². The van der Waals surface area contributed by atoms with Gasteiger partial charge < -0.3 is 15.0 Å². The van der Waals surface area contributed by atoms with Gasteiger partial charge >= 0.3 is 6.03 Å². The van der Waals surface area contributed by atoms with Crippen LogP contribution in [0.15, 0.2) is 0 Å². The molecule has 0 unspecified atom stereocenters. The molecule has 1 heterocycles. The van der Waals surface area contributed by atoms with Crippen LogP contribution in [0, 0.1) is 0 Å². The van der Waals surface area contributed by atoms with Gasteiger partial charge in [0.05, 0.1) is 5.60 Å². The third-order valence-corrected chi connectivity index (χ3v) is 2.86. The maximum atomic E-state index is 11.7. The van der Waals surface area contributed by atoms with Crippen LogP contribution in [-0.2, 0) is 4.74 Å². The summed E-state index contributed by atoms with van der Waals surface area (Å²) in [7, 11) is 1.66. The summed E-state index contributed by atoms with van der Waals surface area (Å²) in [5, 5.41) is 2.91. The zero-order valence-corrected chi connectivity index (χ0v) is 10.0. The number of rotatable bonds is 3. The van der Waals surface area contributed by atoms with Crippen molar-refractivity contribution in [2.75, 3.05) is 26.7 Å². The number of hydrogen-bond donors (Lipinski definition) is 1. The van der Waals surface area contributed by atoms with Crippen LogP contribution in [0.4, 0.5) is 4.79 Å². The number of methoxy groups -OCH3 is 1. The van der Waals surface area contributed by atoms with E-state index in [0.29, 0.717) is 6.54 Å². The van der Waals surface area contributed by atoms with Crippen LogP contribution < -0.4 is 5.32 Å². The molecule has 1 rings (SSSR count). The maximum absolute atomic E-state index is 11.7. The average molecular weight is 214 g/mol. The van der Waals surface area contributed by atoms with Crippen molar-refractivity contribution in [1.82, 2.24) is 10.2 Å². The van der Waals surface area contributed by atoms with Gasteiger partial charge in [0.25, 0.3) is 0 Å². The van der Waals surface area contributed by atoms with E-state index >= 15 is 0 Å². The number of ether oxygens (including phenoxy) is 1. The second-order valence-electron chi connectivity index (χ2n) is 4.67. The average Bonchev–Trinajstić information content (AvgIpc) is 2.27. The molecule has 0 spiro atoms. The lowest BCUT2D eigenvalue weighted by Gasteiger charge is -2.29. The molecule has 4 nitrogen and oxygen atoms in total. The Kier molecular flexibility index (Phi) is 4.39. The molecule has 0 aromatic carbocycles. The van der Waals surface area contributed by atoms with Gasteiger partial charge in [-0.2, -0.15) is 0 Å². The van der Waals surface area contributed by atoms with Gasteiger partial charge in [-0.1, -0.05) is 0 Å². The zero-order valence-electron chi connectivity index (χ0n) is 10.0. The summed E-state index contributed by atoms with van der Waals surface area (Å²) in [6, 6.07) is 0.0415. The molecule has 0 aliphatic carbocycles. The van der Waals surface area contributed by atoms with Crippen LogP contribution in [0.2, 0.25) is 0 Å². The summed E-state index contributed by atoms with van der Waals surface area (Å²) < 4.78 is 5.24. The minimum absolute atomic E-state index is 0.0415. The van der Waals surface area contributed by atoms with Crippen LogP contribution in [0.5, 0.6) is 0 Å². The predicted molar refractivity (Wildman–Crippen MR) is 59.9 cm³/mol. The van der Waals surface area contributed by atoms with Crippen molar-refractivity contribution in [2.24, 2.45) is 0 Å². The van der Waals surface area contributed by atoms with E-state index in [-0.39, 0.29) is 11.6 Å². The van der Waals surface area contributed by atoms with E-state index in [2.05, 4.69) is 5.32 Å². The largest absolute Gasteiger partial charge is 0.377 e. The van der Waals surface area contributed by atoms with Crippen LogP contribution in [-0.4, -0.2) is 43.3 Å². The fraction of sp³-hybridized carbons (Fsp3) is 0.909. The fourth-order valence-corrected chi connectivity index (χ4v) is 1.57. The maximum Gasteiger partial charge on any atom is 0.317 e. The summed E-state index contributed by atoms with van der Waals surface area (Å²) in [6.45, 7) is 6.25. The van der Waals surface area contributed by atoms with Crippen molar-refractivity contribution in [3.8, 4) is 0 Å². The molecule has 0 bridgehead atoms. The van der Waals surface area contributed by atoms with Gasteiger partial charge in [-0.15, -0.1) is 0 Å². The van der Waals surface area contributed by atoms with Gasteiger partial charge in [0.2, 0.25) is 0 Å². The molecule has 4 heteroatoms. The molecule has 0 saturated carbocycles. The fourth-order valence-electron chi connectivity index (χ4n) is 1.57. The van der Waals surface area contributed by atoms with E-state index in [0.717, 1.165) is 25.9 Å². The molecule has 1 aliphatic heterocycles. The summed E-state index contributed by atoms with van der Waals surface area (Å²) in [6.07, 6.45) is 3.50. The first kappa shape index (κ1) is 12.3. The van der Waals surface area contributed by atoms with Crippen molar-refractivity contribution in [2.45, 2.75) is 38.7 Å². The smallest absolute Gasteiger partial charge is 0.317 e. The summed E-state index contributed by atoms with van der Waals surface area (Å²) in [5.41, 5.74) is -0.286. The summed E-state index contributed by atoms with van der Waals surface area (Å²) >= 11 is 0. The lowest BCUT2D eigenvalue weighted by Crippen LogP contribution is -2.47. The Morgan fingerprint density at radius 2 is 1.93 bits per heavy atom. The number of hydrogen-bond acceptors (Lipinski definition) is 2. The van der Waals surface area contributed by atoms with Crippen molar-refractivity contribution >= 4 is 6.03 Å². The van der Waals surface area contributed by atoms with Gasteiger partial charge in [-0.05, 0) is 33.1 Å². The molecular formula is C11H22N2O2. The lowest BCUT2D eigenvalue weighted by molar-refractivity contribution is 0.0241. The highest BCUT2D eigenvalue weighted by atomic mass is 16.5. The molecular weight excluding hydrogens is 192 g/mol. The molecule has 0 aromatic rings. The highest BCUT2D eigenvalue weighted by Gasteiger charge is 2.20. The highest BCUT2D eigenvalue weighted by molar-refractivity contribution is 5.74. The first-order valence-corrected chi connectivity index (χ1v) is 5.63. The van der Waals surface area contributed by atoms with Gasteiger partial charge in [-0.3, -0.25) is 0 Å². The Bertz CT molecular complexity index is 211. The Labute approximate surface area is 92.0 Å². The van der Waals surface area contributed by atoms with Crippen LogP contribution in [0.25, 0.3) is 0 Å². The minimum Gasteiger partial charge on any atom is -0.377 e. The van der Waals surface area contributed by atoms with Gasteiger partial charge in [-0.25, -0.2) is 4.79 Å². The molecule has 1 aliphatic rings. The summed E-state index contributed by atoms with van der Waals surface area (Å²) in [4.78, 5) is 13.6. The monoisotopic (exact) mass is 214 g/mol. The second-order valence-corrected chi connectivity index (χ2v) is 4.67. The molecule has 1 fully saturated rings. The number of carbonyl (C=O) groups is 1. The minimum atomic E-state index is -0.286.